The number of piperidine rings is 1. The SMILES string of the molecule is CNS(=O)(=O)c1ccc(Cl)c(C(=O)OCC(=O)Nc2ccc(N3CCCCC3)cc2)c1. The fourth-order valence-electron chi connectivity index (χ4n) is 3.26. The molecule has 0 saturated carbocycles. The largest absolute Gasteiger partial charge is 0.452 e. The molecule has 166 valence electrons. The Bertz CT molecular complexity index is 1050. The monoisotopic (exact) mass is 465 g/mol. The van der Waals surface area contributed by atoms with Crippen molar-refractivity contribution in [2.75, 3.05) is 37.0 Å². The van der Waals surface area contributed by atoms with Crippen LogP contribution < -0.4 is 14.9 Å². The van der Waals surface area contributed by atoms with Crippen molar-refractivity contribution in [3.63, 3.8) is 0 Å². The molecule has 0 aliphatic carbocycles. The van der Waals surface area contributed by atoms with Crippen molar-refractivity contribution in [1.29, 1.82) is 0 Å². The van der Waals surface area contributed by atoms with E-state index in [9.17, 15) is 18.0 Å². The summed E-state index contributed by atoms with van der Waals surface area (Å²) >= 11 is 5.99. The summed E-state index contributed by atoms with van der Waals surface area (Å²) in [5.41, 5.74) is 1.55. The first-order chi connectivity index (χ1) is 14.8. The van der Waals surface area contributed by atoms with Gasteiger partial charge in [0.2, 0.25) is 10.0 Å². The lowest BCUT2D eigenvalue weighted by Gasteiger charge is -2.28. The van der Waals surface area contributed by atoms with Crippen LogP contribution in [0, 0.1) is 0 Å². The summed E-state index contributed by atoms with van der Waals surface area (Å²) in [6.45, 7) is 1.52. The van der Waals surface area contributed by atoms with Crippen LogP contribution in [0.4, 0.5) is 11.4 Å². The number of benzene rings is 2. The van der Waals surface area contributed by atoms with Crippen LogP contribution in [0.3, 0.4) is 0 Å². The van der Waals surface area contributed by atoms with Gasteiger partial charge in [-0.1, -0.05) is 11.6 Å². The van der Waals surface area contributed by atoms with Gasteiger partial charge >= 0.3 is 5.97 Å². The van der Waals surface area contributed by atoms with E-state index in [-0.39, 0.29) is 15.5 Å². The van der Waals surface area contributed by atoms with Crippen molar-refractivity contribution in [2.45, 2.75) is 24.2 Å². The molecular weight excluding hydrogens is 442 g/mol. The van der Waals surface area contributed by atoms with Gasteiger partial charge in [0.15, 0.2) is 6.61 Å². The molecule has 2 aromatic carbocycles. The van der Waals surface area contributed by atoms with Crippen LogP contribution >= 0.6 is 11.6 Å². The van der Waals surface area contributed by atoms with Crippen LogP contribution in [0.5, 0.6) is 0 Å². The molecule has 3 rings (SSSR count). The zero-order chi connectivity index (χ0) is 22.4. The molecule has 0 radical (unpaired) electrons. The Hall–Kier alpha value is -2.62. The molecule has 1 amide bonds. The van der Waals surface area contributed by atoms with Gasteiger partial charge in [-0.05, 0) is 68.8 Å². The second kappa shape index (κ2) is 10.1. The van der Waals surface area contributed by atoms with E-state index in [2.05, 4.69) is 14.9 Å². The number of ether oxygens (including phenoxy) is 1. The molecule has 0 atom stereocenters. The zero-order valence-electron chi connectivity index (χ0n) is 17.1. The number of anilines is 2. The number of hydrogen-bond acceptors (Lipinski definition) is 6. The highest BCUT2D eigenvalue weighted by molar-refractivity contribution is 7.89. The maximum Gasteiger partial charge on any atom is 0.340 e. The predicted molar refractivity (Wildman–Crippen MR) is 119 cm³/mol. The number of nitrogens with zero attached hydrogens (tertiary/aromatic N) is 1. The van der Waals surface area contributed by atoms with Crippen LogP contribution in [0.2, 0.25) is 5.02 Å². The number of rotatable bonds is 7. The summed E-state index contributed by atoms with van der Waals surface area (Å²) in [5, 5.41) is 2.69. The third-order valence-corrected chi connectivity index (χ3v) is 6.68. The van der Waals surface area contributed by atoms with Crippen LogP contribution in [-0.2, 0) is 19.6 Å². The lowest BCUT2D eigenvalue weighted by molar-refractivity contribution is -0.119. The molecule has 0 unspecified atom stereocenters. The molecule has 1 aliphatic rings. The van der Waals surface area contributed by atoms with Gasteiger partial charge in [0.05, 0.1) is 15.5 Å². The number of amides is 1. The van der Waals surface area contributed by atoms with Crippen molar-refractivity contribution >= 4 is 44.9 Å². The third kappa shape index (κ3) is 5.96. The molecule has 1 fully saturated rings. The number of carbonyl (C=O) groups is 2. The first-order valence-corrected chi connectivity index (χ1v) is 11.7. The fraction of sp³-hybridized carbons (Fsp3) is 0.333. The fourth-order valence-corrected chi connectivity index (χ4v) is 4.21. The average Bonchev–Trinajstić information content (AvgIpc) is 2.78. The zero-order valence-corrected chi connectivity index (χ0v) is 18.6. The molecule has 2 aromatic rings. The van der Waals surface area contributed by atoms with Crippen LogP contribution in [0.1, 0.15) is 29.6 Å². The van der Waals surface area contributed by atoms with Crippen LogP contribution in [0.25, 0.3) is 0 Å². The first-order valence-electron chi connectivity index (χ1n) is 9.85. The van der Waals surface area contributed by atoms with Crippen molar-refractivity contribution in [2.24, 2.45) is 0 Å². The Morgan fingerprint density at radius 3 is 2.39 bits per heavy atom. The molecule has 0 bridgehead atoms. The van der Waals surface area contributed by atoms with E-state index >= 15 is 0 Å². The molecule has 8 nitrogen and oxygen atoms in total. The maximum atomic E-state index is 12.3. The smallest absolute Gasteiger partial charge is 0.340 e. The van der Waals surface area contributed by atoms with E-state index < -0.39 is 28.5 Å². The molecule has 0 spiro atoms. The summed E-state index contributed by atoms with van der Waals surface area (Å²) in [7, 11) is -2.50. The molecule has 1 saturated heterocycles. The summed E-state index contributed by atoms with van der Waals surface area (Å²) in [6.07, 6.45) is 3.61. The summed E-state index contributed by atoms with van der Waals surface area (Å²) < 4.78 is 31.0. The molecular formula is C21H24ClN3O5S. The van der Waals surface area contributed by atoms with E-state index in [1.807, 2.05) is 12.1 Å². The van der Waals surface area contributed by atoms with Crippen LogP contribution in [-0.4, -0.2) is 47.0 Å². The van der Waals surface area contributed by atoms with E-state index in [0.717, 1.165) is 24.8 Å². The molecule has 1 heterocycles. The topological polar surface area (TPSA) is 105 Å². The molecule has 31 heavy (non-hydrogen) atoms. The standard InChI is InChI=1S/C21H24ClN3O5S/c1-23-31(28,29)17-9-10-19(22)18(13-17)21(27)30-14-20(26)24-15-5-7-16(8-6-15)25-11-3-2-4-12-25/h5-10,13,23H,2-4,11-12,14H2,1H3,(H,24,26). The Morgan fingerprint density at radius 1 is 1.06 bits per heavy atom. The molecule has 0 aromatic heterocycles. The lowest BCUT2D eigenvalue weighted by Crippen LogP contribution is -2.29. The number of nitrogens with one attached hydrogen (secondary N) is 2. The second-order valence-corrected chi connectivity index (χ2v) is 9.36. The predicted octanol–water partition coefficient (Wildman–Crippen LogP) is 3.03. The first kappa shape index (κ1) is 23.1. The van der Waals surface area contributed by atoms with Gasteiger partial charge in [0, 0.05) is 24.5 Å². The normalized spacial score (nSPS) is 14.2. The van der Waals surface area contributed by atoms with Gasteiger partial charge in [0.25, 0.3) is 5.91 Å². The number of esters is 1. The van der Waals surface area contributed by atoms with Gasteiger partial charge in [-0.25, -0.2) is 17.9 Å². The van der Waals surface area contributed by atoms with Crippen molar-refractivity contribution < 1.29 is 22.7 Å². The van der Waals surface area contributed by atoms with Gasteiger partial charge < -0.3 is 15.0 Å². The average molecular weight is 466 g/mol. The Labute approximate surface area is 186 Å². The number of sulfonamides is 1. The number of carbonyl (C=O) groups excluding carboxylic acids is 2. The Morgan fingerprint density at radius 2 is 1.74 bits per heavy atom. The van der Waals surface area contributed by atoms with Crippen molar-refractivity contribution in [3.8, 4) is 0 Å². The third-order valence-electron chi connectivity index (χ3n) is 4.94. The van der Waals surface area contributed by atoms with Crippen molar-refractivity contribution in [1.82, 2.24) is 4.72 Å². The second-order valence-electron chi connectivity index (χ2n) is 7.07. The van der Waals surface area contributed by atoms with Gasteiger partial charge in [-0.3, -0.25) is 4.79 Å². The van der Waals surface area contributed by atoms with E-state index in [1.165, 1.54) is 38.4 Å². The summed E-state index contributed by atoms with van der Waals surface area (Å²) in [6, 6.07) is 11.1. The minimum atomic E-state index is -3.75. The Balaban J connectivity index is 1.57. The maximum absolute atomic E-state index is 12.3. The van der Waals surface area contributed by atoms with Gasteiger partial charge in [-0.15, -0.1) is 0 Å². The van der Waals surface area contributed by atoms with Crippen LogP contribution in [0.15, 0.2) is 47.4 Å². The number of hydrogen-bond donors (Lipinski definition) is 2. The molecule has 1 aliphatic heterocycles. The highest BCUT2D eigenvalue weighted by Crippen LogP contribution is 2.23. The van der Waals surface area contributed by atoms with Crippen molar-refractivity contribution in [3.05, 3.63) is 53.1 Å². The molecule has 2 N–H and O–H groups in total. The summed E-state index contributed by atoms with van der Waals surface area (Å²) in [5.74, 6) is -1.41. The van der Waals surface area contributed by atoms with Gasteiger partial charge in [-0.2, -0.15) is 0 Å². The highest BCUT2D eigenvalue weighted by atomic mass is 35.5. The van der Waals surface area contributed by atoms with Gasteiger partial charge in [0.1, 0.15) is 0 Å². The minimum Gasteiger partial charge on any atom is -0.452 e. The number of halogens is 1. The quantitative estimate of drug-likeness (QED) is 0.609. The highest BCUT2D eigenvalue weighted by Gasteiger charge is 2.19. The Kier molecular flexibility index (Phi) is 7.53. The van der Waals surface area contributed by atoms with E-state index in [0.29, 0.717) is 5.69 Å². The van der Waals surface area contributed by atoms with E-state index in [4.69, 9.17) is 16.3 Å². The minimum absolute atomic E-state index is 0.0220. The molecule has 10 heteroatoms. The lowest BCUT2D eigenvalue weighted by atomic mass is 10.1. The summed E-state index contributed by atoms with van der Waals surface area (Å²) in [4.78, 5) is 26.6. The van der Waals surface area contributed by atoms with E-state index in [1.54, 1.807) is 12.1 Å².